The third-order valence-electron chi connectivity index (χ3n) is 2.67. The molecule has 0 unspecified atom stereocenters. The molecule has 0 heterocycles. The zero-order chi connectivity index (χ0) is 16.0. The fourth-order valence-corrected chi connectivity index (χ4v) is 2.38. The summed E-state index contributed by atoms with van der Waals surface area (Å²) in [5.41, 5.74) is 0. The molecule has 0 saturated heterocycles. The van der Waals surface area contributed by atoms with Crippen molar-refractivity contribution in [2.24, 2.45) is 4.99 Å². The molecule has 1 amide bonds. The zero-order valence-corrected chi connectivity index (χ0v) is 16.6. The lowest BCUT2D eigenvalue weighted by Gasteiger charge is -2.11. The van der Waals surface area contributed by atoms with Gasteiger partial charge in [0.05, 0.1) is 13.2 Å². The van der Waals surface area contributed by atoms with Gasteiger partial charge in [0.25, 0.3) is 0 Å². The Morgan fingerprint density at radius 1 is 1.17 bits per heavy atom. The van der Waals surface area contributed by atoms with Gasteiger partial charge in [-0.05, 0) is 12.1 Å². The number of thioether (sulfide) groups is 1. The van der Waals surface area contributed by atoms with E-state index in [1.54, 1.807) is 25.9 Å². The van der Waals surface area contributed by atoms with Gasteiger partial charge in [-0.25, -0.2) is 0 Å². The maximum atomic E-state index is 11.5. The lowest BCUT2D eigenvalue weighted by molar-refractivity contribution is -0.120. The summed E-state index contributed by atoms with van der Waals surface area (Å²) in [5, 5.41) is 8.89. The Hall–Kier alpha value is -1.00. The van der Waals surface area contributed by atoms with Crippen molar-refractivity contribution in [1.82, 2.24) is 16.0 Å². The number of nitrogens with one attached hydrogen (secondary N) is 3. The summed E-state index contributed by atoms with van der Waals surface area (Å²) in [7, 11) is 3.28. The number of hydrogen-bond donors (Lipinski definition) is 3. The summed E-state index contributed by atoms with van der Waals surface area (Å²) in [6, 6.07) is 10.2. The van der Waals surface area contributed by atoms with Crippen molar-refractivity contribution in [3.05, 3.63) is 30.3 Å². The van der Waals surface area contributed by atoms with Crippen LogP contribution in [0.4, 0.5) is 0 Å². The molecule has 0 aliphatic heterocycles. The quantitative estimate of drug-likeness (QED) is 0.173. The molecule has 130 valence electrons. The normalized spacial score (nSPS) is 10.6. The number of rotatable bonds is 9. The Morgan fingerprint density at radius 2 is 1.91 bits per heavy atom. The van der Waals surface area contributed by atoms with Gasteiger partial charge in [-0.2, -0.15) is 0 Å². The summed E-state index contributed by atoms with van der Waals surface area (Å²) < 4.78 is 4.87. The fourth-order valence-electron chi connectivity index (χ4n) is 1.59. The number of carbonyl (C=O) groups excluding carboxylic acids is 1. The van der Waals surface area contributed by atoms with Crippen LogP contribution in [0, 0.1) is 0 Å². The first-order valence-corrected chi connectivity index (χ1v) is 8.13. The molecule has 0 bridgehead atoms. The number of hydrogen-bond acceptors (Lipinski definition) is 4. The second-order valence-corrected chi connectivity index (χ2v) is 5.53. The largest absolute Gasteiger partial charge is 0.383 e. The van der Waals surface area contributed by atoms with E-state index in [1.165, 1.54) is 4.90 Å². The molecular formula is C15H25IN4O2S. The van der Waals surface area contributed by atoms with E-state index in [-0.39, 0.29) is 36.4 Å². The SMILES string of the molecule is CN=C(NCCSc1ccccc1)NCC(=O)NCCOC.I. The van der Waals surface area contributed by atoms with Crippen LogP contribution in [-0.2, 0) is 9.53 Å². The number of ether oxygens (including phenoxy) is 1. The highest BCUT2D eigenvalue weighted by Gasteiger charge is 2.02. The minimum Gasteiger partial charge on any atom is -0.383 e. The first-order valence-electron chi connectivity index (χ1n) is 7.14. The molecular weight excluding hydrogens is 427 g/mol. The van der Waals surface area contributed by atoms with Crippen molar-refractivity contribution in [3.8, 4) is 0 Å². The predicted octanol–water partition coefficient (Wildman–Crippen LogP) is 1.32. The molecule has 6 nitrogen and oxygen atoms in total. The van der Waals surface area contributed by atoms with Crippen LogP contribution in [0.25, 0.3) is 0 Å². The first kappa shape index (κ1) is 22.0. The van der Waals surface area contributed by atoms with E-state index in [9.17, 15) is 4.79 Å². The maximum absolute atomic E-state index is 11.5. The van der Waals surface area contributed by atoms with Crippen molar-refractivity contribution < 1.29 is 9.53 Å². The van der Waals surface area contributed by atoms with E-state index in [1.807, 2.05) is 18.2 Å². The number of carbonyl (C=O) groups is 1. The second-order valence-electron chi connectivity index (χ2n) is 4.36. The van der Waals surface area contributed by atoms with Gasteiger partial charge < -0.3 is 20.7 Å². The molecule has 0 fully saturated rings. The molecule has 8 heteroatoms. The van der Waals surface area contributed by atoms with Gasteiger partial charge in [-0.15, -0.1) is 35.7 Å². The minimum absolute atomic E-state index is 0. The molecule has 1 aromatic carbocycles. The summed E-state index contributed by atoms with van der Waals surface area (Å²) in [4.78, 5) is 16.9. The average Bonchev–Trinajstić information content (AvgIpc) is 2.55. The molecule has 0 radical (unpaired) electrons. The third-order valence-corrected chi connectivity index (χ3v) is 3.69. The van der Waals surface area contributed by atoms with Crippen LogP contribution in [0.2, 0.25) is 0 Å². The van der Waals surface area contributed by atoms with Crippen LogP contribution in [0.3, 0.4) is 0 Å². The monoisotopic (exact) mass is 452 g/mol. The first-order chi connectivity index (χ1) is 10.8. The Morgan fingerprint density at radius 3 is 2.57 bits per heavy atom. The molecule has 0 aromatic heterocycles. The topological polar surface area (TPSA) is 74.8 Å². The zero-order valence-electron chi connectivity index (χ0n) is 13.5. The van der Waals surface area contributed by atoms with Crippen LogP contribution in [0.1, 0.15) is 0 Å². The van der Waals surface area contributed by atoms with Crippen molar-refractivity contribution in [1.29, 1.82) is 0 Å². The molecule has 0 aliphatic rings. The summed E-state index contributed by atoms with van der Waals surface area (Å²) in [6.07, 6.45) is 0. The summed E-state index contributed by atoms with van der Waals surface area (Å²) in [6.45, 7) is 1.98. The summed E-state index contributed by atoms with van der Waals surface area (Å²) in [5.74, 6) is 1.46. The van der Waals surface area contributed by atoms with Crippen molar-refractivity contribution in [2.75, 3.05) is 46.2 Å². The van der Waals surface area contributed by atoms with E-state index in [0.29, 0.717) is 19.1 Å². The number of guanidine groups is 1. The van der Waals surface area contributed by atoms with E-state index in [0.717, 1.165) is 12.3 Å². The average molecular weight is 452 g/mol. The van der Waals surface area contributed by atoms with Gasteiger partial charge in [0.2, 0.25) is 5.91 Å². The van der Waals surface area contributed by atoms with E-state index in [4.69, 9.17) is 4.74 Å². The second kappa shape index (κ2) is 14.6. The Labute approximate surface area is 159 Å². The molecule has 0 spiro atoms. The number of methoxy groups -OCH3 is 1. The molecule has 0 atom stereocenters. The lowest BCUT2D eigenvalue weighted by Crippen LogP contribution is -2.44. The number of benzene rings is 1. The highest BCUT2D eigenvalue weighted by Crippen LogP contribution is 2.15. The number of amides is 1. The van der Waals surface area contributed by atoms with Crippen molar-refractivity contribution in [3.63, 3.8) is 0 Å². The number of aliphatic imine (C=N–C) groups is 1. The number of halogens is 1. The van der Waals surface area contributed by atoms with Gasteiger partial charge >= 0.3 is 0 Å². The third kappa shape index (κ3) is 11.2. The lowest BCUT2D eigenvalue weighted by atomic mass is 10.4. The highest BCUT2D eigenvalue weighted by atomic mass is 127. The highest BCUT2D eigenvalue weighted by molar-refractivity contribution is 14.0. The maximum Gasteiger partial charge on any atom is 0.239 e. The van der Waals surface area contributed by atoms with Crippen molar-refractivity contribution >= 4 is 47.6 Å². The molecule has 1 rings (SSSR count). The Balaban J connectivity index is 0.00000484. The minimum atomic E-state index is -0.0846. The van der Waals surface area contributed by atoms with Crippen LogP contribution in [0.5, 0.6) is 0 Å². The van der Waals surface area contributed by atoms with Crippen LogP contribution in [-0.4, -0.2) is 58.0 Å². The van der Waals surface area contributed by atoms with Gasteiger partial charge in [0, 0.05) is 37.9 Å². The molecule has 23 heavy (non-hydrogen) atoms. The standard InChI is InChI=1S/C15H24N4O2S.HI/c1-16-15(19-12-14(20)17-8-10-21-2)18-9-11-22-13-6-4-3-5-7-13;/h3-7H,8-12H2,1-2H3,(H,17,20)(H2,16,18,19);1H. The molecule has 1 aromatic rings. The number of nitrogens with zero attached hydrogens (tertiary/aromatic N) is 1. The smallest absolute Gasteiger partial charge is 0.239 e. The fraction of sp³-hybridized carbons (Fsp3) is 0.467. The predicted molar refractivity (Wildman–Crippen MR) is 107 cm³/mol. The summed E-state index contributed by atoms with van der Waals surface area (Å²) >= 11 is 1.77. The molecule has 0 aliphatic carbocycles. The van der Waals surface area contributed by atoms with Gasteiger partial charge in [-0.1, -0.05) is 18.2 Å². The Kier molecular flexibility index (Phi) is 13.9. The molecule has 3 N–H and O–H groups in total. The van der Waals surface area contributed by atoms with Crippen LogP contribution >= 0.6 is 35.7 Å². The van der Waals surface area contributed by atoms with Crippen LogP contribution < -0.4 is 16.0 Å². The van der Waals surface area contributed by atoms with Gasteiger partial charge in [0.1, 0.15) is 0 Å². The van der Waals surface area contributed by atoms with Gasteiger partial charge in [-0.3, -0.25) is 9.79 Å². The van der Waals surface area contributed by atoms with Gasteiger partial charge in [0.15, 0.2) is 5.96 Å². The van der Waals surface area contributed by atoms with Crippen LogP contribution in [0.15, 0.2) is 40.2 Å². The Bertz CT molecular complexity index is 460. The molecule has 0 saturated carbocycles. The van der Waals surface area contributed by atoms with E-state index in [2.05, 4.69) is 33.1 Å². The van der Waals surface area contributed by atoms with Crippen molar-refractivity contribution in [2.45, 2.75) is 4.90 Å². The van der Waals surface area contributed by atoms with E-state index >= 15 is 0 Å². The van der Waals surface area contributed by atoms with E-state index < -0.39 is 0 Å².